The highest BCUT2D eigenvalue weighted by Crippen LogP contribution is 2.14. The third kappa shape index (κ3) is 4.58. The molecule has 0 bridgehead atoms. The zero-order chi connectivity index (χ0) is 15.9. The van der Waals surface area contributed by atoms with E-state index in [4.69, 9.17) is 5.11 Å². The third-order valence-corrected chi connectivity index (χ3v) is 3.15. The van der Waals surface area contributed by atoms with Crippen LogP contribution in [0, 0.1) is 6.92 Å². The molecule has 22 heavy (non-hydrogen) atoms. The number of carbonyl (C=O) groups is 1. The summed E-state index contributed by atoms with van der Waals surface area (Å²) in [6, 6.07) is 14.6. The maximum absolute atomic E-state index is 12.2. The molecule has 0 aliphatic carbocycles. The number of anilines is 2. The topological polar surface area (TPSA) is 81.6 Å². The Bertz CT molecular complexity index is 643. The van der Waals surface area contributed by atoms with Crippen LogP contribution in [0.25, 0.3) is 0 Å². The standard InChI is InChI=1S/C17H20N2O3/c1-12-4-2-7-15(8-12)19-17(22)13-5-3-6-14(9-13)18-10-16(21)11-20/h2-9,16,18,20-21H,10-11H2,1H3,(H,19,22). The summed E-state index contributed by atoms with van der Waals surface area (Å²) in [4.78, 5) is 12.2. The first-order chi connectivity index (χ1) is 10.6. The van der Waals surface area contributed by atoms with Gasteiger partial charge in [0.25, 0.3) is 5.91 Å². The van der Waals surface area contributed by atoms with Gasteiger partial charge >= 0.3 is 0 Å². The number of rotatable bonds is 6. The van der Waals surface area contributed by atoms with Gasteiger partial charge in [0.1, 0.15) is 0 Å². The van der Waals surface area contributed by atoms with E-state index in [-0.39, 0.29) is 19.1 Å². The molecule has 0 aliphatic heterocycles. The third-order valence-electron chi connectivity index (χ3n) is 3.15. The van der Waals surface area contributed by atoms with E-state index in [2.05, 4.69) is 10.6 Å². The van der Waals surface area contributed by atoms with Crippen molar-refractivity contribution in [2.75, 3.05) is 23.8 Å². The average molecular weight is 300 g/mol. The summed E-state index contributed by atoms with van der Waals surface area (Å²) in [5.41, 5.74) is 3.06. The van der Waals surface area contributed by atoms with E-state index in [1.165, 1.54) is 0 Å². The molecule has 0 aromatic heterocycles. The van der Waals surface area contributed by atoms with Crippen molar-refractivity contribution >= 4 is 17.3 Å². The van der Waals surface area contributed by atoms with Crippen LogP contribution in [-0.4, -0.2) is 35.4 Å². The van der Waals surface area contributed by atoms with Gasteiger partial charge in [-0.3, -0.25) is 4.79 Å². The molecule has 2 aromatic rings. The number of aryl methyl sites for hydroxylation is 1. The maximum Gasteiger partial charge on any atom is 0.255 e. The van der Waals surface area contributed by atoms with Crippen molar-refractivity contribution in [3.63, 3.8) is 0 Å². The summed E-state index contributed by atoms with van der Waals surface area (Å²) >= 11 is 0. The second kappa shape index (κ2) is 7.59. The second-order valence-electron chi connectivity index (χ2n) is 5.12. The van der Waals surface area contributed by atoms with Gasteiger partial charge in [0, 0.05) is 23.5 Å². The largest absolute Gasteiger partial charge is 0.394 e. The fraction of sp³-hybridized carbons (Fsp3) is 0.235. The summed E-state index contributed by atoms with van der Waals surface area (Å²) in [7, 11) is 0. The smallest absolute Gasteiger partial charge is 0.255 e. The lowest BCUT2D eigenvalue weighted by Crippen LogP contribution is -2.23. The number of aliphatic hydroxyl groups is 2. The highest BCUT2D eigenvalue weighted by molar-refractivity contribution is 6.04. The molecule has 116 valence electrons. The number of nitrogens with one attached hydrogen (secondary N) is 2. The van der Waals surface area contributed by atoms with Crippen LogP contribution in [0.15, 0.2) is 48.5 Å². The van der Waals surface area contributed by atoms with Crippen LogP contribution in [0.4, 0.5) is 11.4 Å². The minimum atomic E-state index is -0.829. The molecule has 0 saturated heterocycles. The number of aliphatic hydroxyl groups excluding tert-OH is 2. The minimum Gasteiger partial charge on any atom is -0.394 e. The van der Waals surface area contributed by atoms with Crippen LogP contribution >= 0.6 is 0 Å². The van der Waals surface area contributed by atoms with Crippen LogP contribution in [0.2, 0.25) is 0 Å². The zero-order valence-electron chi connectivity index (χ0n) is 12.4. The summed E-state index contributed by atoms with van der Waals surface area (Å²) in [6.07, 6.45) is -0.829. The van der Waals surface area contributed by atoms with Crippen LogP contribution in [0.1, 0.15) is 15.9 Å². The Kier molecular flexibility index (Phi) is 5.52. The molecule has 2 aromatic carbocycles. The predicted molar refractivity (Wildman–Crippen MR) is 87.2 cm³/mol. The fourth-order valence-corrected chi connectivity index (χ4v) is 2.00. The molecule has 1 atom stereocenters. The lowest BCUT2D eigenvalue weighted by atomic mass is 10.1. The molecule has 0 heterocycles. The van der Waals surface area contributed by atoms with Crippen LogP contribution in [-0.2, 0) is 0 Å². The Morgan fingerprint density at radius 2 is 1.86 bits per heavy atom. The monoisotopic (exact) mass is 300 g/mol. The van der Waals surface area contributed by atoms with Gasteiger partial charge in [-0.2, -0.15) is 0 Å². The molecule has 4 N–H and O–H groups in total. The zero-order valence-corrected chi connectivity index (χ0v) is 12.4. The van der Waals surface area contributed by atoms with Gasteiger partial charge in [0.15, 0.2) is 0 Å². The van der Waals surface area contributed by atoms with E-state index >= 15 is 0 Å². The number of hydrogen-bond acceptors (Lipinski definition) is 4. The number of hydrogen-bond donors (Lipinski definition) is 4. The molecule has 5 nitrogen and oxygen atoms in total. The molecular weight excluding hydrogens is 280 g/mol. The molecular formula is C17H20N2O3. The van der Waals surface area contributed by atoms with Gasteiger partial charge in [-0.25, -0.2) is 0 Å². The Morgan fingerprint density at radius 3 is 2.59 bits per heavy atom. The molecule has 1 unspecified atom stereocenters. The van der Waals surface area contributed by atoms with E-state index in [1.54, 1.807) is 24.3 Å². The molecule has 0 fully saturated rings. The Balaban J connectivity index is 2.03. The van der Waals surface area contributed by atoms with Crippen molar-refractivity contribution in [1.29, 1.82) is 0 Å². The quantitative estimate of drug-likeness (QED) is 0.658. The van der Waals surface area contributed by atoms with E-state index < -0.39 is 6.10 Å². The first-order valence-corrected chi connectivity index (χ1v) is 7.09. The van der Waals surface area contributed by atoms with Crippen LogP contribution in [0.3, 0.4) is 0 Å². The summed E-state index contributed by atoms with van der Waals surface area (Å²) < 4.78 is 0. The minimum absolute atomic E-state index is 0.197. The highest BCUT2D eigenvalue weighted by atomic mass is 16.3. The normalized spacial score (nSPS) is 11.8. The lowest BCUT2D eigenvalue weighted by Gasteiger charge is -2.11. The Labute approximate surface area is 129 Å². The van der Waals surface area contributed by atoms with Crippen molar-refractivity contribution in [2.45, 2.75) is 13.0 Å². The van der Waals surface area contributed by atoms with Gasteiger partial charge in [-0.15, -0.1) is 0 Å². The molecule has 1 amide bonds. The van der Waals surface area contributed by atoms with Gasteiger partial charge < -0.3 is 20.8 Å². The first kappa shape index (κ1) is 16.0. The first-order valence-electron chi connectivity index (χ1n) is 7.09. The van der Waals surface area contributed by atoms with E-state index in [0.717, 1.165) is 11.3 Å². The highest BCUT2D eigenvalue weighted by Gasteiger charge is 2.08. The van der Waals surface area contributed by atoms with Crippen molar-refractivity contribution in [3.05, 3.63) is 59.7 Å². The van der Waals surface area contributed by atoms with E-state index in [1.807, 2.05) is 31.2 Å². The molecule has 0 radical (unpaired) electrons. The number of carbonyl (C=O) groups excluding carboxylic acids is 1. The Hall–Kier alpha value is -2.37. The fourth-order valence-electron chi connectivity index (χ4n) is 2.00. The van der Waals surface area contributed by atoms with Crippen LogP contribution in [0.5, 0.6) is 0 Å². The van der Waals surface area contributed by atoms with Crippen molar-refractivity contribution < 1.29 is 15.0 Å². The summed E-state index contributed by atoms with van der Waals surface area (Å²) in [5.74, 6) is -0.197. The van der Waals surface area contributed by atoms with E-state index in [9.17, 15) is 9.90 Å². The van der Waals surface area contributed by atoms with Crippen LogP contribution < -0.4 is 10.6 Å². The van der Waals surface area contributed by atoms with Gasteiger partial charge in [-0.05, 0) is 42.8 Å². The number of benzene rings is 2. The predicted octanol–water partition coefficient (Wildman–Crippen LogP) is 2.01. The summed E-state index contributed by atoms with van der Waals surface area (Å²) in [5, 5.41) is 23.9. The molecule has 5 heteroatoms. The Morgan fingerprint density at radius 1 is 1.14 bits per heavy atom. The van der Waals surface area contributed by atoms with Crippen molar-refractivity contribution in [1.82, 2.24) is 0 Å². The molecule has 2 rings (SSSR count). The number of amides is 1. The van der Waals surface area contributed by atoms with Gasteiger partial charge in [0.05, 0.1) is 12.7 Å². The average Bonchev–Trinajstić information content (AvgIpc) is 2.53. The van der Waals surface area contributed by atoms with E-state index in [0.29, 0.717) is 11.3 Å². The maximum atomic E-state index is 12.2. The van der Waals surface area contributed by atoms with Gasteiger partial charge in [0.2, 0.25) is 0 Å². The van der Waals surface area contributed by atoms with Crippen molar-refractivity contribution in [3.8, 4) is 0 Å². The van der Waals surface area contributed by atoms with Crippen molar-refractivity contribution in [2.24, 2.45) is 0 Å². The summed E-state index contributed by atoms with van der Waals surface area (Å²) in [6.45, 7) is 1.88. The lowest BCUT2D eigenvalue weighted by molar-refractivity contribution is 0.102. The molecule has 0 saturated carbocycles. The molecule has 0 aliphatic rings. The second-order valence-corrected chi connectivity index (χ2v) is 5.12. The SMILES string of the molecule is Cc1cccc(NC(=O)c2cccc(NCC(O)CO)c2)c1. The van der Waals surface area contributed by atoms with Gasteiger partial charge in [-0.1, -0.05) is 18.2 Å². The molecule has 0 spiro atoms.